The Labute approximate surface area is 203 Å². The zero-order valence-electron chi connectivity index (χ0n) is 19.9. The minimum absolute atomic E-state index is 0.109. The van der Waals surface area contributed by atoms with Crippen molar-refractivity contribution in [1.29, 1.82) is 0 Å². The van der Waals surface area contributed by atoms with E-state index in [4.69, 9.17) is 4.98 Å². The lowest BCUT2D eigenvalue weighted by Gasteiger charge is -2.30. The Hall–Kier alpha value is -3.28. The number of carbonyl (C=O) groups is 1. The summed E-state index contributed by atoms with van der Waals surface area (Å²) in [6.45, 7) is 3.99. The van der Waals surface area contributed by atoms with Gasteiger partial charge in [-0.05, 0) is 97.4 Å². The molecule has 1 amide bonds. The van der Waals surface area contributed by atoms with Gasteiger partial charge in [0.25, 0.3) is 5.91 Å². The third kappa shape index (κ3) is 3.62. The Morgan fingerprint density at radius 3 is 2.74 bits per heavy atom. The van der Waals surface area contributed by atoms with Crippen molar-refractivity contribution < 1.29 is 9.18 Å². The molecule has 2 saturated carbocycles. The number of hydrogen-bond donors (Lipinski definition) is 1. The van der Waals surface area contributed by atoms with E-state index in [9.17, 15) is 9.18 Å². The number of benzene rings is 2. The van der Waals surface area contributed by atoms with Gasteiger partial charge in [-0.15, -0.1) is 0 Å². The van der Waals surface area contributed by atoms with Gasteiger partial charge >= 0.3 is 0 Å². The van der Waals surface area contributed by atoms with Gasteiger partial charge in [-0.25, -0.2) is 9.37 Å². The lowest BCUT2D eigenvalue weighted by atomic mass is 9.75. The zero-order chi connectivity index (χ0) is 23.7. The van der Waals surface area contributed by atoms with Crippen molar-refractivity contribution in [3.63, 3.8) is 0 Å². The number of amides is 1. The summed E-state index contributed by atoms with van der Waals surface area (Å²) in [5.74, 6) is 3.86. The van der Waals surface area contributed by atoms with Crippen LogP contribution >= 0.6 is 0 Å². The molecule has 35 heavy (non-hydrogen) atoms. The Morgan fingerprint density at radius 2 is 1.94 bits per heavy atom. The van der Waals surface area contributed by atoms with Crippen molar-refractivity contribution in [2.45, 2.75) is 44.4 Å². The van der Waals surface area contributed by atoms with Crippen LogP contribution in [0.15, 0.2) is 48.7 Å². The summed E-state index contributed by atoms with van der Waals surface area (Å²) in [6, 6.07) is 12.9. The highest BCUT2D eigenvalue weighted by molar-refractivity contribution is 5.98. The predicted octanol–water partition coefficient (Wildman–Crippen LogP) is 6.03. The van der Waals surface area contributed by atoms with Crippen LogP contribution in [0, 0.1) is 23.6 Å². The first-order valence-electron chi connectivity index (χ1n) is 12.9. The lowest BCUT2D eigenvalue weighted by molar-refractivity contribution is 0.0885. The minimum atomic E-state index is -0.186. The van der Waals surface area contributed by atoms with Crippen molar-refractivity contribution in [2.75, 3.05) is 13.1 Å². The summed E-state index contributed by atoms with van der Waals surface area (Å²) >= 11 is 0. The molecule has 2 aliphatic carbocycles. The number of hydrogen-bond acceptors (Lipinski definition) is 3. The fraction of sp³-hybridized carbons (Fsp3) is 0.414. The van der Waals surface area contributed by atoms with E-state index in [1.165, 1.54) is 30.9 Å². The molecule has 3 fully saturated rings. The Kier molecular flexibility index (Phi) is 4.73. The zero-order valence-corrected chi connectivity index (χ0v) is 19.9. The first-order chi connectivity index (χ1) is 17.0. The van der Waals surface area contributed by atoms with E-state index < -0.39 is 0 Å². The SMILES string of the molecule is C[C@H](CC1CC2CC1CC2c1ccnc2ccc(F)cc12)c1nc2ccc(C(=O)N3CC3)cc2[nH]1. The number of pyridine rings is 1. The van der Waals surface area contributed by atoms with Crippen LogP contribution in [0.1, 0.15) is 66.2 Å². The van der Waals surface area contributed by atoms with E-state index in [-0.39, 0.29) is 11.7 Å². The van der Waals surface area contributed by atoms with Crippen molar-refractivity contribution in [2.24, 2.45) is 17.8 Å². The van der Waals surface area contributed by atoms with Crippen LogP contribution in [0.3, 0.4) is 0 Å². The van der Waals surface area contributed by atoms with Crippen molar-refractivity contribution in [3.8, 4) is 0 Å². The molecule has 4 aromatic rings. The predicted molar refractivity (Wildman–Crippen MR) is 134 cm³/mol. The lowest BCUT2D eigenvalue weighted by Crippen LogP contribution is -2.19. The van der Waals surface area contributed by atoms with Gasteiger partial charge in [0.2, 0.25) is 0 Å². The summed E-state index contributed by atoms with van der Waals surface area (Å²) < 4.78 is 14.0. The number of aromatic nitrogens is 3. The highest BCUT2D eigenvalue weighted by Crippen LogP contribution is 2.58. The number of nitrogens with zero attached hydrogens (tertiary/aromatic N) is 3. The van der Waals surface area contributed by atoms with Gasteiger partial charge in [0.1, 0.15) is 11.6 Å². The number of rotatable bonds is 5. The molecule has 2 aromatic heterocycles. The highest BCUT2D eigenvalue weighted by Gasteiger charge is 2.46. The Balaban J connectivity index is 1.06. The molecule has 0 radical (unpaired) electrons. The fourth-order valence-corrected chi connectivity index (χ4v) is 6.92. The fourth-order valence-electron chi connectivity index (χ4n) is 6.92. The average Bonchev–Trinajstić information content (AvgIpc) is 3.32. The number of halogens is 1. The van der Waals surface area contributed by atoms with Crippen LogP contribution in [0.25, 0.3) is 21.9 Å². The molecule has 1 N–H and O–H groups in total. The number of carbonyl (C=O) groups excluding carboxylic acids is 1. The van der Waals surface area contributed by atoms with Crippen LogP contribution in [0.4, 0.5) is 4.39 Å². The van der Waals surface area contributed by atoms with Gasteiger partial charge in [-0.2, -0.15) is 0 Å². The molecule has 178 valence electrons. The molecule has 2 bridgehead atoms. The van der Waals surface area contributed by atoms with Crippen molar-refractivity contribution >= 4 is 27.8 Å². The van der Waals surface area contributed by atoms with Crippen molar-refractivity contribution in [1.82, 2.24) is 19.9 Å². The highest BCUT2D eigenvalue weighted by atomic mass is 19.1. The topological polar surface area (TPSA) is 61.6 Å². The molecule has 3 aliphatic rings. The summed E-state index contributed by atoms with van der Waals surface area (Å²) in [5, 5.41) is 0.980. The standard InChI is InChI=1S/C29H29FN4O/c1-16(28-32-26-4-2-17(14-27(26)33-28)29(35)34-8-9-34)10-18-11-20-12-19(18)13-23(20)22-6-7-31-25-5-3-21(30)15-24(22)25/h2-7,14-16,18-20,23H,8-13H2,1H3,(H,32,33)/t16-,18?,19?,20?,23?/m1/s1. The Bertz CT molecular complexity index is 1460. The molecule has 1 aliphatic heterocycles. The second kappa shape index (κ2) is 7.87. The summed E-state index contributed by atoms with van der Waals surface area (Å²) in [4.78, 5) is 27.0. The van der Waals surface area contributed by atoms with Gasteiger partial charge in [0.15, 0.2) is 0 Å². The average molecular weight is 469 g/mol. The maximum Gasteiger partial charge on any atom is 0.254 e. The normalized spacial score (nSPS) is 26.1. The number of H-pyrrole nitrogens is 1. The van der Waals surface area contributed by atoms with Gasteiger partial charge in [-0.3, -0.25) is 9.78 Å². The molecule has 5 atom stereocenters. The molecule has 3 heterocycles. The number of aromatic amines is 1. The molecular formula is C29H29FN4O. The third-order valence-electron chi connectivity index (χ3n) is 8.74. The molecular weight excluding hydrogens is 439 g/mol. The monoisotopic (exact) mass is 468 g/mol. The molecule has 7 rings (SSSR count). The van der Waals surface area contributed by atoms with Crippen LogP contribution in [0.5, 0.6) is 0 Å². The van der Waals surface area contributed by atoms with Crippen LogP contribution in [-0.4, -0.2) is 38.8 Å². The van der Waals surface area contributed by atoms with E-state index in [1.807, 2.05) is 29.3 Å². The Morgan fingerprint density at radius 1 is 1.09 bits per heavy atom. The first kappa shape index (κ1) is 21.0. The van der Waals surface area contributed by atoms with Gasteiger partial charge in [0.05, 0.1) is 16.6 Å². The van der Waals surface area contributed by atoms with Gasteiger partial charge < -0.3 is 9.88 Å². The molecule has 1 saturated heterocycles. The molecule has 6 heteroatoms. The van der Waals surface area contributed by atoms with Crippen LogP contribution in [0.2, 0.25) is 0 Å². The molecule has 0 spiro atoms. The van der Waals surface area contributed by atoms with Gasteiger partial charge in [0, 0.05) is 36.2 Å². The molecule has 4 unspecified atom stereocenters. The van der Waals surface area contributed by atoms with E-state index in [1.54, 1.807) is 12.1 Å². The summed E-state index contributed by atoms with van der Waals surface area (Å²) in [6.07, 6.45) is 6.68. The van der Waals surface area contributed by atoms with E-state index in [0.29, 0.717) is 29.6 Å². The minimum Gasteiger partial charge on any atom is -0.342 e. The maximum absolute atomic E-state index is 14.0. The van der Waals surface area contributed by atoms with Crippen LogP contribution < -0.4 is 0 Å². The maximum atomic E-state index is 14.0. The van der Waals surface area contributed by atoms with E-state index >= 15 is 0 Å². The molecule has 2 aromatic carbocycles. The van der Waals surface area contributed by atoms with E-state index in [0.717, 1.165) is 52.8 Å². The third-order valence-corrected chi connectivity index (χ3v) is 8.74. The molecule has 5 nitrogen and oxygen atoms in total. The second-order valence-electron chi connectivity index (χ2n) is 10.9. The number of imidazole rings is 1. The largest absolute Gasteiger partial charge is 0.342 e. The first-order valence-corrected chi connectivity index (χ1v) is 12.9. The second-order valence-corrected chi connectivity index (χ2v) is 10.9. The summed E-state index contributed by atoms with van der Waals surface area (Å²) in [7, 11) is 0. The quantitative estimate of drug-likeness (QED) is 0.364. The number of fused-ring (bicyclic) bond motifs is 4. The number of nitrogens with one attached hydrogen (secondary N) is 1. The van der Waals surface area contributed by atoms with E-state index in [2.05, 4.69) is 23.0 Å². The summed E-state index contributed by atoms with van der Waals surface area (Å²) in [5.41, 5.74) is 4.78. The van der Waals surface area contributed by atoms with Crippen LogP contribution in [-0.2, 0) is 0 Å². The van der Waals surface area contributed by atoms with Crippen molar-refractivity contribution in [3.05, 3.63) is 71.4 Å². The van der Waals surface area contributed by atoms with Gasteiger partial charge in [-0.1, -0.05) is 6.92 Å². The smallest absolute Gasteiger partial charge is 0.254 e.